The van der Waals surface area contributed by atoms with Gasteiger partial charge in [0.1, 0.15) is 11.3 Å². The Hall–Kier alpha value is -3.16. The molecular weight excluding hydrogens is 384 g/mol. The minimum atomic E-state index is -0.582. The third-order valence-corrected chi connectivity index (χ3v) is 4.79. The lowest BCUT2D eigenvalue weighted by molar-refractivity contribution is 0.0460. The standard InChI is InChI=1S/C22H28N4O4/c1-22(2,3)30-21(29)23-15-17-11-7-8-14-25(17)20(28)18-12-13-19(27)26(24-18)16-9-5-4-6-10-16/h4-6,9-10,12-13,17H,7-8,11,14-15H2,1-3H3,(H,23,29). The average molecular weight is 412 g/mol. The zero-order valence-electron chi connectivity index (χ0n) is 17.6. The van der Waals surface area contributed by atoms with Gasteiger partial charge in [-0.05, 0) is 58.2 Å². The van der Waals surface area contributed by atoms with Gasteiger partial charge in [-0.1, -0.05) is 18.2 Å². The normalized spacial score (nSPS) is 16.8. The van der Waals surface area contributed by atoms with Crippen molar-refractivity contribution in [2.45, 2.75) is 51.7 Å². The van der Waals surface area contributed by atoms with Gasteiger partial charge >= 0.3 is 6.09 Å². The number of hydrogen-bond donors (Lipinski definition) is 1. The Morgan fingerprint density at radius 2 is 1.87 bits per heavy atom. The van der Waals surface area contributed by atoms with Crippen LogP contribution in [0.5, 0.6) is 0 Å². The lowest BCUT2D eigenvalue weighted by atomic mass is 10.0. The second-order valence-corrected chi connectivity index (χ2v) is 8.34. The first-order valence-electron chi connectivity index (χ1n) is 10.2. The van der Waals surface area contributed by atoms with E-state index >= 15 is 0 Å². The number of alkyl carbamates (subject to hydrolysis) is 1. The van der Waals surface area contributed by atoms with Crippen LogP contribution in [0.4, 0.5) is 4.79 Å². The van der Waals surface area contributed by atoms with Crippen molar-refractivity contribution in [3.63, 3.8) is 0 Å². The fourth-order valence-electron chi connectivity index (χ4n) is 3.42. The maximum atomic E-state index is 13.2. The molecule has 8 nitrogen and oxygen atoms in total. The van der Waals surface area contributed by atoms with Crippen molar-refractivity contribution in [3.05, 3.63) is 58.5 Å². The topological polar surface area (TPSA) is 93.5 Å². The van der Waals surface area contributed by atoms with E-state index in [1.54, 1.807) is 49.9 Å². The summed E-state index contributed by atoms with van der Waals surface area (Å²) in [4.78, 5) is 39.1. The highest BCUT2D eigenvalue weighted by molar-refractivity contribution is 5.92. The summed E-state index contributed by atoms with van der Waals surface area (Å²) in [6.07, 6.45) is 2.13. The summed E-state index contributed by atoms with van der Waals surface area (Å²) in [7, 11) is 0. The molecule has 1 fully saturated rings. The molecule has 2 aromatic rings. The molecule has 2 amide bonds. The minimum Gasteiger partial charge on any atom is -0.444 e. The molecule has 1 aliphatic heterocycles. The van der Waals surface area contributed by atoms with Gasteiger partial charge in [0.25, 0.3) is 11.5 Å². The van der Waals surface area contributed by atoms with Crippen LogP contribution in [0.3, 0.4) is 0 Å². The molecule has 1 saturated heterocycles. The van der Waals surface area contributed by atoms with Crippen LogP contribution in [-0.2, 0) is 4.74 Å². The smallest absolute Gasteiger partial charge is 0.407 e. The van der Waals surface area contributed by atoms with Gasteiger partial charge < -0.3 is 15.0 Å². The highest BCUT2D eigenvalue weighted by Crippen LogP contribution is 2.19. The van der Waals surface area contributed by atoms with Crippen molar-refractivity contribution in [1.29, 1.82) is 0 Å². The van der Waals surface area contributed by atoms with Gasteiger partial charge in [-0.25, -0.2) is 4.79 Å². The van der Waals surface area contributed by atoms with Gasteiger partial charge in [0, 0.05) is 25.2 Å². The number of aromatic nitrogens is 2. The van der Waals surface area contributed by atoms with Crippen LogP contribution >= 0.6 is 0 Å². The van der Waals surface area contributed by atoms with Crippen molar-refractivity contribution in [2.24, 2.45) is 0 Å². The van der Waals surface area contributed by atoms with E-state index in [9.17, 15) is 14.4 Å². The van der Waals surface area contributed by atoms with Gasteiger partial charge in [-0.3, -0.25) is 9.59 Å². The first-order valence-corrected chi connectivity index (χ1v) is 10.2. The fraction of sp³-hybridized carbons (Fsp3) is 0.455. The van der Waals surface area contributed by atoms with Crippen LogP contribution in [-0.4, -0.2) is 51.4 Å². The van der Waals surface area contributed by atoms with E-state index in [1.165, 1.54) is 16.8 Å². The van der Waals surface area contributed by atoms with Crippen molar-refractivity contribution >= 4 is 12.0 Å². The summed E-state index contributed by atoms with van der Waals surface area (Å²) in [5.74, 6) is -0.254. The Bertz CT molecular complexity index is 950. The van der Waals surface area contributed by atoms with Gasteiger partial charge in [0.2, 0.25) is 0 Å². The summed E-state index contributed by atoms with van der Waals surface area (Å²) in [5, 5.41) is 7.06. The molecule has 8 heteroatoms. The van der Waals surface area contributed by atoms with E-state index in [-0.39, 0.29) is 23.2 Å². The van der Waals surface area contributed by atoms with Gasteiger partial charge in [0.15, 0.2) is 0 Å². The minimum absolute atomic E-state index is 0.155. The number of nitrogens with zero attached hydrogens (tertiary/aromatic N) is 3. The van der Waals surface area contributed by atoms with Crippen molar-refractivity contribution in [1.82, 2.24) is 20.0 Å². The first kappa shape index (κ1) is 21.5. The Morgan fingerprint density at radius 3 is 2.57 bits per heavy atom. The predicted octanol–water partition coefficient (Wildman–Crippen LogP) is 2.75. The Morgan fingerprint density at radius 1 is 1.13 bits per heavy atom. The molecule has 1 aromatic heterocycles. The number of rotatable bonds is 4. The fourth-order valence-corrected chi connectivity index (χ4v) is 3.42. The lowest BCUT2D eigenvalue weighted by Crippen LogP contribution is -2.50. The van der Waals surface area contributed by atoms with Crippen molar-refractivity contribution in [3.8, 4) is 5.69 Å². The monoisotopic (exact) mass is 412 g/mol. The van der Waals surface area contributed by atoms with Crippen LogP contribution in [0, 0.1) is 0 Å². The third-order valence-electron chi connectivity index (χ3n) is 4.79. The third kappa shape index (κ3) is 5.46. The molecule has 1 N–H and O–H groups in total. The van der Waals surface area contributed by atoms with E-state index in [2.05, 4.69) is 10.4 Å². The number of likely N-dealkylation sites (tertiary alicyclic amines) is 1. The molecule has 30 heavy (non-hydrogen) atoms. The predicted molar refractivity (Wildman–Crippen MR) is 113 cm³/mol. The molecule has 0 spiro atoms. The van der Waals surface area contributed by atoms with Crippen molar-refractivity contribution < 1.29 is 14.3 Å². The molecule has 1 unspecified atom stereocenters. The molecule has 0 bridgehead atoms. The summed E-state index contributed by atoms with van der Waals surface area (Å²) < 4.78 is 6.51. The van der Waals surface area contributed by atoms with Crippen LogP contribution in [0.2, 0.25) is 0 Å². The number of carbonyl (C=O) groups excluding carboxylic acids is 2. The Labute approximate surface area is 175 Å². The quantitative estimate of drug-likeness (QED) is 0.833. The average Bonchev–Trinajstić information content (AvgIpc) is 2.72. The van der Waals surface area contributed by atoms with E-state index in [0.29, 0.717) is 18.8 Å². The number of nitrogens with one attached hydrogen (secondary N) is 1. The molecule has 2 heterocycles. The van der Waals surface area contributed by atoms with E-state index in [4.69, 9.17) is 4.74 Å². The number of carbonyl (C=O) groups is 2. The zero-order valence-corrected chi connectivity index (χ0v) is 17.6. The number of ether oxygens (including phenoxy) is 1. The molecule has 1 atom stereocenters. The molecule has 0 saturated carbocycles. The van der Waals surface area contributed by atoms with Crippen LogP contribution in [0.15, 0.2) is 47.3 Å². The van der Waals surface area contributed by atoms with Crippen LogP contribution < -0.4 is 10.9 Å². The number of para-hydroxylation sites is 1. The summed E-state index contributed by atoms with van der Waals surface area (Å²) in [6.45, 7) is 6.29. The second-order valence-electron chi connectivity index (χ2n) is 8.34. The summed E-state index contributed by atoms with van der Waals surface area (Å²) in [5.41, 5.74) is -0.0950. The van der Waals surface area contributed by atoms with E-state index < -0.39 is 11.7 Å². The zero-order chi connectivity index (χ0) is 21.7. The van der Waals surface area contributed by atoms with E-state index in [0.717, 1.165) is 19.3 Å². The number of amides is 2. The van der Waals surface area contributed by atoms with Crippen LogP contribution in [0.25, 0.3) is 5.69 Å². The maximum Gasteiger partial charge on any atom is 0.407 e. The van der Waals surface area contributed by atoms with Gasteiger partial charge in [-0.2, -0.15) is 9.78 Å². The van der Waals surface area contributed by atoms with Crippen LogP contribution in [0.1, 0.15) is 50.5 Å². The first-order chi connectivity index (χ1) is 14.2. The maximum absolute atomic E-state index is 13.2. The molecular formula is C22H28N4O4. The number of benzene rings is 1. The SMILES string of the molecule is CC(C)(C)OC(=O)NCC1CCCCN1C(=O)c1ccc(=O)n(-c2ccccc2)n1. The molecule has 1 aromatic carbocycles. The molecule has 0 aliphatic carbocycles. The number of piperidine rings is 1. The highest BCUT2D eigenvalue weighted by Gasteiger charge is 2.29. The molecule has 3 rings (SSSR count). The second kappa shape index (κ2) is 9.11. The highest BCUT2D eigenvalue weighted by atomic mass is 16.6. The molecule has 1 aliphatic rings. The summed E-state index contributed by atoms with van der Waals surface area (Å²) in [6, 6.07) is 11.6. The lowest BCUT2D eigenvalue weighted by Gasteiger charge is -2.35. The molecule has 0 radical (unpaired) electrons. The van der Waals surface area contributed by atoms with Gasteiger partial charge in [0.05, 0.1) is 5.69 Å². The van der Waals surface area contributed by atoms with Crippen molar-refractivity contribution in [2.75, 3.05) is 13.1 Å². The largest absolute Gasteiger partial charge is 0.444 e. The Kier molecular flexibility index (Phi) is 6.54. The van der Waals surface area contributed by atoms with Gasteiger partial charge in [-0.15, -0.1) is 0 Å². The molecule has 160 valence electrons. The van der Waals surface area contributed by atoms with E-state index in [1.807, 2.05) is 6.07 Å². The Balaban J connectivity index is 1.75. The summed E-state index contributed by atoms with van der Waals surface area (Å²) >= 11 is 0. The number of hydrogen-bond acceptors (Lipinski definition) is 5.